The van der Waals surface area contributed by atoms with E-state index in [1.54, 1.807) is 22.7 Å². The van der Waals surface area contributed by atoms with Gasteiger partial charge in [0, 0.05) is 45.0 Å². The Balaban J connectivity index is 0.960. The molecule has 0 aliphatic carbocycles. The highest BCUT2D eigenvalue weighted by molar-refractivity contribution is 7.26. The zero-order valence-corrected chi connectivity index (χ0v) is 34.7. The summed E-state index contributed by atoms with van der Waals surface area (Å²) in [5.41, 5.74) is 4.61. The fourth-order valence-corrected chi connectivity index (χ4v) is 11.9. The Morgan fingerprint density at radius 2 is 0.710 bits per heavy atom. The van der Waals surface area contributed by atoms with Gasteiger partial charge in [-0.05, 0) is 93.1 Å². The molecule has 0 fully saturated rings. The standard InChI is InChI=1S/C50H32B2N8S2/c1-3-15-41-39(13-1)47-49(61-41)59(45-19-7-11-29-55-45)51(57(47)43-17-5-9-27-53-43)35-23-25-37-33(31-35)21-22-34-32-36(24-26-38(34)37)52-58(44-18-6-10-28-54-44)48-40-14-2-4-16-42(40)62-50(48)60(52)46-20-8-12-30-56-46/h1-32H. The molecule has 2 aliphatic rings. The summed E-state index contributed by atoms with van der Waals surface area (Å²) < 4.78 is 2.46. The minimum atomic E-state index is -0.219. The van der Waals surface area contributed by atoms with Crippen molar-refractivity contribution in [3.8, 4) is 0 Å². The number of pyridine rings is 4. The Morgan fingerprint density at radius 3 is 1.10 bits per heavy atom. The highest BCUT2D eigenvalue weighted by atomic mass is 32.1. The van der Waals surface area contributed by atoms with Gasteiger partial charge in [0.1, 0.15) is 33.3 Å². The molecule has 5 aromatic carbocycles. The van der Waals surface area contributed by atoms with Gasteiger partial charge in [0.2, 0.25) is 0 Å². The molecule has 0 saturated heterocycles. The summed E-state index contributed by atoms with van der Waals surface area (Å²) in [6.07, 6.45) is 7.51. The predicted molar refractivity (Wildman–Crippen MR) is 261 cm³/mol. The summed E-state index contributed by atoms with van der Waals surface area (Å²) in [5.74, 6) is 3.56. The molecule has 12 heteroatoms. The molecule has 290 valence electrons. The first-order valence-corrected chi connectivity index (χ1v) is 22.2. The molecular weight excluding hydrogens is 798 g/mol. The molecule has 0 N–H and O–H groups in total. The molecular formula is C50H32B2N8S2. The summed E-state index contributed by atoms with van der Waals surface area (Å²) in [5, 5.41) is 9.46. The number of aromatic nitrogens is 4. The molecule has 2 aliphatic heterocycles. The first kappa shape index (κ1) is 35.2. The van der Waals surface area contributed by atoms with Crippen LogP contribution in [0, 0.1) is 0 Å². The van der Waals surface area contributed by atoms with Crippen LogP contribution in [-0.2, 0) is 0 Å². The van der Waals surface area contributed by atoms with Crippen LogP contribution < -0.4 is 30.2 Å². The van der Waals surface area contributed by atoms with Crippen LogP contribution in [0.5, 0.6) is 0 Å². The zero-order valence-electron chi connectivity index (χ0n) is 33.0. The SMILES string of the molecule is c1ccc(N2B(c3ccc4c(ccc5cc(B6N(c7ccccn7)c7sc8ccccc8c7N6c6ccccn6)ccc54)c3)N(c3ccccn3)c3c2sc2ccccc32)nc1. The van der Waals surface area contributed by atoms with Crippen LogP contribution >= 0.6 is 22.7 Å². The summed E-state index contributed by atoms with van der Waals surface area (Å²) in [4.78, 5) is 29.3. The molecule has 11 aromatic rings. The van der Waals surface area contributed by atoms with Crippen LogP contribution in [0.3, 0.4) is 0 Å². The Morgan fingerprint density at radius 1 is 0.339 bits per heavy atom. The molecule has 0 amide bonds. The van der Waals surface area contributed by atoms with E-state index in [4.69, 9.17) is 19.9 Å². The van der Waals surface area contributed by atoms with Gasteiger partial charge in [0.25, 0.3) is 0 Å². The molecule has 8 nitrogen and oxygen atoms in total. The van der Waals surface area contributed by atoms with Crippen molar-refractivity contribution >= 4 is 134 Å². The molecule has 8 heterocycles. The third kappa shape index (κ3) is 5.33. The summed E-state index contributed by atoms with van der Waals surface area (Å²) >= 11 is 3.60. The topological polar surface area (TPSA) is 64.5 Å². The highest BCUT2D eigenvalue weighted by Crippen LogP contribution is 2.55. The van der Waals surface area contributed by atoms with Crippen molar-refractivity contribution in [2.24, 2.45) is 0 Å². The number of hydrogen-bond acceptors (Lipinski definition) is 10. The predicted octanol–water partition coefficient (Wildman–Crippen LogP) is 11.4. The molecule has 0 bridgehead atoms. The summed E-state index contributed by atoms with van der Waals surface area (Å²) in [6.45, 7) is -0.439. The van der Waals surface area contributed by atoms with Gasteiger partial charge in [0.15, 0.2) is 0 Å². The second-order valence-electron chi connectivity index (χ2n) is 15.5. The van der Waals surface area contributed by atoms with Crippen molar-refractivity contribution in [3.05, 3.63) is 195 Å². The van der Waals surface area contributed by atoms with Crippen LogP contribution in [0.2, 0.25) is 0 Å². The van der Waals surface area contributed by atoms with E-state index in [0.717, 1.165) is 55.6 Å². The number of benzene rings is 5. The van der Waals surface area contributed by atoms with E-state index in [0.29, 0.717) is 0 Å². The lowest BCUT2D eigenvalue weighted by Gasteiger charge is -2.29. The Hall–Kier alpha value is -7.53. The smallest absolute Gasteiger partial charge is 0.343 e. The first-order chi connectivity index (χ1) is 30.8. The highest BCUT2D eigenvalue weighted by Gasteiger charge is 2.48. The number of fused-ring (bicyclic) bond motifs is 9. The van der Waals surface area contributed by atoms with Crippen LogP contribution in [0.1, 0.15) is 0 Å². The van der Waals surface area contributed by atoms with E-state index in [-0.39, 0.29) is 14.0 Å². The second kappa shape index (κ2) is 14.0. The van der Waals surface area contributed by atoms with E-state index in [2.05, 4.69) is 165 Å². The van der Waals surface area contributed by atoms with Gasteiger partial charge in [0.05, 0.1) is 11.4 Å². The third-order valence-electron chi connectivity index (χ3n) is 12.1. The number of hydrogen-bond donors (Lipinski definition) is 0. The molecule has 0 unspecified atom stereocenters. The molecule has 0 atom stereocenters. The van der Waals surface area contributed by atoms with E-state index in [9.17, 15) is 0 Å². The van der Waals surface area contributed by atoms with Gasteiger partial charge in [-0.2, -0.15) is 0 Å². The lowest BCUT2D eigenvalue weighted by Crippen LogP contribution is -2.53. The van der Waals surface area contributed by atoms with Crippen molar-refractivity contribution in [2.45, 2.75) is 0 Å². The number of rotatable bonds is 6. The van der Waals surface area contributed by atoms with Crippen molar-refractivity contribution in [3.63, 3.8) is 0 Å². The maximum absolute atomic E-state index is 4.94. The lowest BCUT2D eigenvalue weighted by atomic mass is 9.64. The summed E-state index contributed by atoms with van der Waals surface area (Å²) in [7, 11) is 0. The first-order valence-electron chi connectivity index (χ1n) is 20.6. The van der Waals surface area contributed by atoms with Crippen LogP contribution in [0.15, 0.2) is 195 Å². The number of thiophene rings is 2. The molecule has 62 heavy (non-hydrogen) atoms. The lowest BCUT2D eigenvalue weighted by molar-refractivity contribution is 1.23. The molecule has 6 aromatic heterocycles. The average molecular weight is 831 g/mol. The van der Waals surface area contributed by atoms with Crippen molar-refractivity contribution < 1.29 is 0 Å². The third-order valence-corrected chi connectivity index (χ3v) is 14.4. The minimum absolute atomic E-state index is 0.219. The fourth-order valence-electron chi connectivity index (χ4n) is 9.48. The maximum atomic E-state index is 4.94. The summed E-state index contributed by atoms with van der Waals surface area (Å²) in [6, 6.07) is 60.3. The largest absolute Gasteiger partial charge is 0.423 e. The number of nitrogens with zero attached hydrogens (tertiary/aromatic N) is 8. The molecule has 0 spiro atoms. The van der Waals surface area contributed by atoms with Crippen LogP contribution in [-0.4, -0.2) is 33.9 Å². The van der Waals surface area contributed by atoms with Crippen molar-refractivity contribution in [1.29, 1.82) is 0 Å². The average Bonchev–Trinajstić information content (AvgIpc) is 4.09. The minimum Gasteiger partial charge on any atom is -0.343 e. The maximum Gasteiger partial charge on any atom is 0.423 e. The fraction of sp³-hybridized carbons (Fsp3) is 0. The quantitative estimate of drug-likeness (QED) is 0.121. The van der Waals surface area contributed by atoms with Crippen LogP contribution in [0.4, 0.5) is 44.6 Å². The van der Waals surface area contributed by atoms with E-state index < -0.39 is 0 Å². The van der Waals surface area contributed by atoms with Gasteiger partial charge >= 0.3 is 14.0 Å². The Kier molecular flexibility index (Phi) is 7.97. The van der Waals surface area contributed by atoms with E-state index in [1.165, 1.54) is 41.7 Å². The Bertz CT molecular complexity index is 3250. The monoisotopic (exact) mass is 830 g/mol. The zero-order chi connectivity index (χ0) is 40.7. The normalized spacial score (nSPS) is 13.6. The van der Waals surface area contributed by atoms with Gasteiger partial charge in [-0.1, -0.05) is 109 Å². The molecule has 0 saturated carbocycles. The Labute approximate surface area is 365 Å². The molecule has 0 radical (unpaired) electrons. The van der Waals surface area contributed by atoms with E-state index >= 15 is 0 Å². The van der Waals surface area contributed by atoms with E-state index in [1.807, 2.05) is 49.1 Å². The van der Waals surface area contributed by atoms with Gasteiger partial charge < -0.3 is 19.2 Å². The second-order valence-corrected chi connectivity index (χ2v) is 17.6. The van der Waals surface area contributed by atoms with Gasteiger partial charge in [-0.3, -0.25) is 0 Å². The van der Waals surface area contributed by atoms with Gasteiger partial charge in [-0.15, -0.1) is 22.7 Å². The van der Waals surface area contributed by atoms with Crippen LogP contribution in [0.25, 0.3) is 41.7 Å². The number of anilines is 8. The van der Waals surface area contributed by atoms with Crippen molar-refractivity contribution in [1.82, 2.24) is 19.9 Å². The molecule has 13 rings (SSSR count). The van der Waals surface area contributed by atoms with Crippen molar-refractivity contribution in [2.75, 3.05) is 19.2 Å². The van der Waals surface area contributed by atoms with Gasteiger partial charge in [-0.25, -0.2) is 19.9 Å².